The maximum atomic E-state index is 13.0. The second-order valence-corrected chi connectivity index (χ2v) is 9.21. The van der Waals surface area contributed by atoms with Crippen molar-refractivity contribution in [3.63, 3.8) is 0 Å². The SMILES string of the molecule is CCOC(=O)N1CCN(C(=O)CCCN2c3cccc4cccc(c34)S2(=O)=O)CC1. The van der Waals surface area contributed by atoms with Crippen molar-refractivity contribution in [2.75, 3.05) is 43.6 Å². The number of carbonyl (C=O) groups is 2. The summed E-state index contributed by atoms with van der Waals surface area (Å²) < 4.78 is 32.4. The number of hydrogen-bond acceptors (Lipinski definition) is 5. The molecule has 0 bridgehead atoms. The molecule has 2 heterocycles. The highest BCUT2D eigenvalue weighted by Crippen LogP contribution is 2.41. The van der Waals surface area contributed by atoms with E-state index in [1.165, 1.54) is 4.31 Å². The average molecular weight is 432 g/mol. The number of rotatable bonds is 5. The van der Waals surface area contributed by atoms with Crippen LogP contribution in [0, 0.1) is 0 Å². The molecule has 1 saturated heterocycles. The van der Waals surface area contributed by atoms with Crippen molar-refractivity contribution in [2.45, 2.75) is 24.7 Å². The lowest BCUT2D eigenvalue weighted by Crippen LogP contribution is -2.50. The second kappa shape index (κ2) is 8.14. The summed E-state index contributed by atoms with van der Waals surface area (Å²) in [5.41, 5.74) is 0.679. The Hall–Kier alpha value is -2.81. The topological polar surface area (TPSA) is 87.2 Å². The van der Waals surface area contributed by atoms with E-state index in [1.54, 1.807) is 28.9 Å². The van der Waals surface area contributed by atoms with Gasteiger partial charge in [0.25, 0.3) is 10.0 Å². The van der Waals surface area contributed by atoms with Gasteiger partial charge in [-0.05, 0) is 30.9 Å². The summed E-state index contributed by atoms with van der Waals surface area (Å²) in [5, 5.41) is 1.65. The van der Waals surface area contributed by atoms with Crippen LogP contribution in [0.2, 0.25) is 0 Å². The molecule has 2 aromatic carbocycles. The van der Waals surface area contributed by atoms with E-state index >= 15 is 0 Å². The fourth-order valence-corrected chi connectivity index (χ4v) is 5.83. The van der Waals surface area contributed by atoms with Gasteiger partial charge in [-0.25, -0.2) is 13.2 Å². The normalized spacial score (nSPS) is 17.4. The van der Waals surface area contributed by atoms with E-state index in [0.717, 1.165) is 10.8 Å². The number of benzene rings is 2. The molecule has 2 aliphatic rings. The van der Waals surface area contributed by atoms with Crippen LogP contribution in [0.25, 0.3) is 10.8 Å². The highest BCUT2D eigenvalue weighted by molar-refractivity contribution is 7.93. The van der Waals surface area contributed by atoms with Crippen molar-refractivity contribution >= 4 is 38.5 Å². The molecule has 0 saturated carbocycles. The molecule has 0 unspecified atom stereocenters. The van der Waals surface area contributed by atoms with Crippen molar-refractivity contribution in [3.05, 3.63) is 36.4 Å². The molecule has 30 heavy (non-hydrogen) atoms. The number of piperazine rings is 1. The summed E-state index contributed by atoms with van der Waals surface area (Å²) in [6, 6.07) is 10.9. The Morgan fingerprint density at radius 3 is 2.37 bits per heavy atom. The fourth-order valence-electron chi connectivity index (χ4n) is 4.08. The summed E-state index contributed by atoms with van der Waals surface area (Å²) in [5.74, 6) is -0.0224. The van der Waals surface area contributed by atoms with Crippen molar-refractivity contribution in [1.82, 2.24) is 9.80 Å². The van der Waals surface area contributed by atoms with Crippen LogP contribution in [-0.4, -0.2) is 69.5 Å². The predicted octanol–water partition coefficient (Wildman–Crippen LogP) is 2.43. The molecule has 0 atom stereocenters. The standard InChI is InChI=1S/C21H25N3O5S/c1-2-29-21(26)23-14-12-22(13-15-23)19(25)10-5-11-24-17-8-3-6-16-7-4-9-18(20(16)17)30(24,27)28/h3-4,6-9H,2,5,10-15H2,1H3. The Balaban J connectivity index is 1.35. The lowest BCUT2D eigenvalue weighted by atomic mass is 10.1. The van der Waals surface area contributed by atoms with Crippen LogP contribution >= 0.6 is 0 Å². The molecular weight excluding hydrogens is 406 g/mol. The van der Waals surface area contributed by atoms with Gasteiger partial charge in [-0.2, -0.15) is 0 Å². The van der Waals surface area contributed by atoms with Gasteiger partial charge in [-0.1, -0.05) is 24.3 Å². The molecule has 0 radical (unpaired) electrons. The molecule has 0 aliphatic carbocycles. The lowest BCUT2D eigenvalue weighted by molar-refractivity contribution is -0.132. The predicted molar refractivity (Wildman–Crippen MR) is 113 cm³/mol. The van der Waals surface area contributed by atoms with E-state index in [9.17, 15) is 18.0 Å². The summed E-state index contributed by atoms with van der Waals surface area (Å²) in [6.07, 6.45) is 0.343. The monoisotopic (exact) mass is 431 g/mol. The van der Waals surface area contributed by atoms with Crippen LogP contribution in [-0.2, 0) is 19.6 Å². The number of nitrogens with zero attached hydrogens (tertiary/aromatic N) is 3. The van der Waals surface area contributed by atoms with E-state index in [2.05, 4.69) is 0 Å². The number of anilines is 1. The number of hydrogen-bond donors (Lipinski definition) is 0. The molecule has 0 N–H and O–H groups in total. The third kappa shape index (κ3) is 3.58. The third-order valence-electron chi connectivity index (χ3n) is 5.59. The van der Waals surface area contributed by atoms with E-state index in [0.29, 0.717) is 49.8 Å². The summed E-state index contributed by atoms with van der Waals surface area (Å²) in [7, 11) is -3.59. The van der Waals surface area contributed by atoms with Crippen LogP contribution < -0.4 is 4.31 Å². The first-order valence-electron chi connectivity index (χ1n) is 10.2. The minimum absolute atomic E-state index is 0.0224. The maximum absolute atomic E-state index is 13.0. The van der Waals surface area contributed by atoms with E-state index < -0.39 is 10.0 Å². The van der Waals surface area contributed by atoms with Gasteiger partial charge in [-0.3, -0.25) is 9.10 Å². The number of carbonyl (C=O) groups excluding carboxylic acids is 2. The Labute approximate surface area is 176 Å². The highest BCUT2D eigenvalue weighted by Gasteiger charge is 2.35. The van der Waals surface area contributed by atoms with Crippen LogP contribution in [0.15, 0.2) is 41.3 Å². The van der Waals surface area contributed by atoms with Gasteiger partial charge in [0.2, 0.25) is 5.91 Å². The van der Waals surface area contributed by atoms with Crippen LogP contribution in [0.4, 0.5) is 10.5 Å². The lowest BCUT2D eigenvalue weighted by Gasteiger charge is -2.34. The fraction of sp³-hybridized carbons (Fsp3) is 0.429. The third-order valence-corrected chi connectivity index (χ3v) is 7.45. The average Bonchev–Trinajstić information content (AvgIpc) is 2.97. The zero-order chi connectivity index (χ0) is 21.3. The molecule has 9 heteroatoms. The first kappa shape index (κ1) is 20.5. The first-order chi connectivity index (χ1) is 14.4. The molecule has 0 spiro atoms. The highest BCUT2D eigenvalue weighted by atomic mass is 32.2. The maximum Gasteiger partial charge on any atom is 0.409 e. The van der Waals surface area contributed by atoms with Crippen molar-refractivity contribution in [3.8, 4) is 0 Å². The van der Waals surface area contributed by atoms with Gasteiger partial charge >= 0.3 is 6.09 Å². The van der Waals surface area contributed by atoms with Crippen molar-refractivity contribution in [2.24, 2.45) is 0 Å². The molecule has 0 aromatic heterocycles. The van der Waals surface area contributed by atoms with Crippen LogP contribution in [0.1, 0.15) is 19.8 Å². The van der Waals surface area contributed by atoms with Crippen molar-refractivity contribution < 1.29 is 22.7 Å². The van der Waals surface area contributed by atoms with Gasteiger partial charge < -0.3 is 14.5 Å². The molecule has 2 amide bonds. The second-order valence-electron chi connectivity index (χ2n) is 7.38. The first-order valence-corrected chi connectivity index (χ1v) is 11.6. The molecule has 1 fully saturated rings. The Morgan fingerprint density at radius 1 is 1.00 bits per heavy atom. The Morgan fingerprint density at radius 2 is 1.67 bits per heavy atom. The minimum Gasteiger partial charge on any atom is -0.450 e. The molecular formula is C21H25N3O5S. The number of sulfonamides is 1. The summed E-state index contributed by atoms with van der Waals surface area (Å²) in [6.45, 7) is 4.16. The summed E-state index contributed by atoms with van der Waals surface area (Å²) >= 11 is 0. The van der Waals surface area contributed by atoms with E-state index in [1.807, 2.05) is 24.3 Å². The van der Waals surface area contributed by atoms with Crippen LogP contribution in [0.3, 0.4) is 0 Å². The Bertz CT molecular complexity index is 1070. The van der Waals surface area contributed by atoms with Gasteiger partial charge in [0.1, 0.15) is 0 Å². The molecule has 8 nitrogen and oxygen atoms in total. The minimum atomic E-state index is -3.59. The number of ether oxygens (including phenoxy) is 1. The largest absolute Gasteiger partial charge is 0.450 e. The van der Waals surface area contributed by atoms with Crippen molar-refractivity contribution in [1.29, 1.82) is 0 Å². The van der Waals surface area contributed by atoms with Crippen LogP contribution in [0.5, 0.6) is 0 Å². The molecule has 4 rings (SSSR count). The van der Waals surface area contributed by atoms with Gasteiger partial charge in [0.15, 0.2) is 0 Å². The van der Waals surface area contributed by atoms with Gasteiger partial charge in [0, 0.05) is 44.5 Å². The van der Waals surface area contributed by atoms with Gasteiger partial charge in [0.05, 0.1) is 17.2 Å². The van der Waals surface area contributed by atoms with Gasteiger partial charge in [-0.15, -0.1) is 0 Å². The van der Waals surface area contributed by atoms with E-state index in [4.69, 9.17) is 4.74 Å². The zero-order valence-electron chi connectivity index (χ0n) is 16.9. The Kier molecular flexibility index (Phi) is 5.55. The molecule has 2 aliphatic heterocycles. The zero-order valence-corrected chi connectivity index (χ0v) is 17.7. The number of amides is 2. The quantitative estimate of drug-likeness (QED) is 0.726. The molecule has 2 aromatic rings. The molecule has 160 valence electrons. The summed E-state index contributed by atoms with van der Waals surface area (Å²) in [4.78, 5) is 28.0. The van der Waals surface area contributed by atoms with E-state index in [-0.39, 0.29) is 25.0 Å². The smallest absolute Gasteiger partial charge is 0.409 e.